The van der Waals surface area contributed by atoms with E-state index in [1.807, 2.05) is 37.3 Å². The minimum Gasteiger partial charge on any atom is -0.507 e. The molecule has 190 valence electrons. The van der Waals surface area contributed by atoms with Gasteiger partial charge in [0, 0.05) is 18.9 Å². The number of thiazole rings is 1. The van der Waals surface area contributed by atoms with E-state index in [2.05, 4.69) is 18.8 Å². The van der Waals surface area contributed by atoms with E-state index >= 15 is 0 Å². The third kappa shape index (κ3) is 4.25. The van der Waals surface area contributed by atoms with Gasteiger partial charge >= 0.3 is 5.91 Å². The summed E-state index contributed by atoms with van der Waals surface area (Å²) in [5, 5.41) is 11.7. The molecule has 2 aliphatic heterocycles. The molecule has 0 spiro atoms. The van der Waals surface area contributed by atoms with E-state index in [1.165, 1.54) is 11.8 Å². The minimum atomic E-state index is -0.894. The van der Waals surface area contributed by atoms with E-state index in [4.69, 9.17) is 4.74 Å². The van der Waals surface area contributed by atoms with Crippen LogP contribution in [0.4, 0.5) is 5.13 Å². The zero-order chi connectivity index (χ0) is 26.6. The van der Waals surface area contributed by atoms with Crippen LogP contribution in [0.15, 0.2) is 48.0 Å². The number of carbonyl (C=O) groups excluding carboxylic acids is 3. The van der Waals surface area contributed by atoms with Gasteiger partial charge < -0.3 is 9.84 Å². The van der Waals surface area contributed by atoms with Crippen molar-refractivity contribution in [1.82, 2.24) is 4.98 Å². The van der Waals surface area contributed by atoms with Gasteiger partial charge in [0.25, 0.3) is 5.78 Å². The van der Waals surface area contributed by atoms with E-state index in [9.17, 15) is 19.5 Å². The number of fused-ring (bicyclic) bond motifs is 1. The highest BCUT2D eigenvalue weighted by Gasteiger charge is 2.48. The van der Waals surface area contributed by atoms with Crippen molar-refractivity contribution in [2.75, 3.05) is 4.90 Å². The van der Waals surface area contributed by atoms with E-state index in [0.717, 1.165) is 28.2 Å². The lowest BCUT2D eigenvalue weighted by Gasteiger charge is -2.23. The first kappa shape index (κ1) is 24.9. The number of amides is 1. The Balaban J connectivity index is 1.69. The number of ether oxygens (including phenoxy) is 1. The van der Waals surface area contributed by atoms with Gasteiger partial charge in [0.2, 0.25) is 0 Å². The number of ketones is 2. The van der Waals surface area contributed by atoms with Gasteiger partial charge in [0.05, 0.1) is 22.2 Å². The molecule has 0 radical (unpaired) electrons. The Hall–Kier alpha value is -3.78. The first-order chi connectivity index (χ1) is 17.6. The number of carbonyl (C=O) groups is 3. The van der Waals surface area contributed by atoms with Crippen molar-refractivity contribution in [1.29, 1.82) is 0 Å². The van der Waals surface area contributed by atoms with Crippen molar-refractivity contribution in [2.24, 2.45) is 0 Å². The normalized spacial score (nSPS) is 20.4. The molecule has 1 amide bonds. The van der Waals surface area contributed by atoms with Crippen LogP contribution in [0.25, 0.3) is 5.76 Å². The topological polar surface area (TPSA) is 96.8 Å². The minimum absolute atomic E-state index is 0.00793. The highest BCUT2D eigenvalue weighted by atomic mass is 32.1. The second kappa shape index (κ2) is 9.27. The number of aliphatic hydroxyl groups excluding tert-OH is 1. The summed E-state index contributed by atoms with van der Waals surface area (Å²) in [4.78, 5) is 45.2. The molecule has 37 heavy (non-hydrogen) atoms. The number of Topliss-reactive ketones (excluding diaryl/α,β-unsaturated/α-hetero) is 2. The lowest BCUT2D eigenvalue weighted by Crippen LogP contribution is -2.29. The lowest BCUT2D eigenvalue weighted by molar-refractivity contribution is -0.132. The molecule has 5 rings (SSSR count). The molecule has 3 heterocycles. The molecule has 2 aromatic carbocycles. The maximum absolute atomic E-state index is 13.5. The average molecular weight is 517 g/mol. The highest BCUT2D eigenvalue weighted by molar-refractivity contribution is 7.18. The standard InChI is InChI=1S/C29H28N2O5S/c1-14(2)18-6-8-19(9-7-18)24-23(25(33)20-10-11-22-21(13-20)12-15(3)36-22)26(34)28(35)31(24)29-30-16(4)27(37-29)17(5)32/h6-11,13-15,24,33H,12H2,1-5H3/t15-,24-/m1/s1. The Bertz CT molecular complexity index is 1470. The fourth-order valence-corrected chi connectivity index (χ4v) is 5.93. The van der Waals surface area contributed by atoms with Crippen LogP contribution in [-0.2, 0) is 16.0 Å². The summed E-state index contributed by atoms with van der Waals surface area (Å²) >= 11 is 1.07. The Kier molecular flexibility index (Phi) is 6.23. The zero-order valence-corrected chi connectivity index (χ0v) is 22.2. The Morgan fingerprint density at radius 3 is 2.49 bits per heavy atom. The smallest absolute Gasteiger partial charge is 0.301 e. The molecule has 0 unspecified atom stereocenters. The van der Waals surface area contributed by atoms with Crippen LogP contribution in [0.3, 0.4) is 0 Å². The molecule has 2 aliphatic rings. The SMILES string of the molecule is CC(=O)c1sc(N2C(=O)C(=O)C(=C(O)c3ccc4c(c3)C[C@@H](C)O4)[C@H]2c2ccc(C(C)C)cc2)nc1C. The van der Waals surface area contributed by atoms with E-state index in [0.29, 0.717) is 34.0 Å². The van der Waals surface area contributed by atoms with Crippen LogP contribution in [-0.4, -0.2) is 33.7 Å². The largest absolute Gasteiger partial charge is 0.507 e. The maximum Gasteiger partial charge on any atom is 0.301 e. The summed E-state index contributed by atoms with van der Waals surface area (Å²) in [6.07, 6.45) is 0.720. The van der Waals surface area contributed by atoms with Crippen molar-refractivity contribution in [3.63, 3.8) is 0 Å². The lowest BCUT2D eigenvalue weighted by atomic mass is 9.93. The Morgan fingerprint density at radius 2 is 1.86 bits per heavy atom. The molecule has 1 fully saturated rings. The molecular weight excluding hydrogens is 488 g/mol. The van der Waals surface area contributed by atoms with Crippen LogP contribution in [0, 0.1) is 6.92 Å². The van der Waals surface area contributed by atoms with Crippen LogP contribution >= 0.6 is 11.3 Å². The number of nitrogens with zero attached hydrogens (tertiary/aromatic N) is 2. The highest BCUT2D eigenvalue weighted by Crippen LogP contribution is 2.44. The number of anilines is 1. The summed E-state index contributed by atoms with van der Waals surface area (Å²) in [7, 11) is 0. The monoisotopic (exact) mass is 516 g/mol. The maximum atomic E-state index is 13.5. The second-order valence-electron chi connectivity index (χ2n) is 9.91. The molecule has 0 aliphatic carbocycles. The summed E-state index contributed by atoms with van der Waals surface area (Å²) in [5.74, 6) is -0.942. The quantitative estimate of drug-likeness (QED) is 0.201. The van der Waals surface area contributed by atoms with E-state index in [-0.39, 0.29) is 28.4 Å². The molecule has 2 atom stereocenters. The van der Waals surface area contributed by atoms with Gasteiger partial charge in [0.1, 0.15) is 17.6 Å². The number of aliphatic hydroxyl groups is 1. The van der Waals surface area contributed by atoms with Crippen molar-refractivity contribution >= 4 is 39.7 Å². The fourth-order valence-electron chi connectivity index (χ4n) is 4.95. The Labute approximate surface area is 219 Å². The molecule has 1 saturated heterocycles. The predicted octanol–water partition coefficient (Wildman–Crippen LogP) is 5.73. The summed E-state index contributed by atoms with van der Waals surface area (Å²) in [6, 6.07) is 12.1. The van der Waals surface area contributed by atoms with Gasteiger partial charge in [-0.3, -0.25) is 19.3 Å². The van der Waals surface area contributed by atoms with Crippen LogP contribution in [0.1, 0.15) is 77.3 Å². The average Bonchev–Trinajstić information content (AvgIpc) is 3.50. The molecule has 0 saturated carbocycles. The van der Waals surface area contributed by atoms with Gasteiger partial charge in [-0.25, -0.2) is 4.98 Å². The van der Waals surface area contributed by atoms with Gasteiger partial charge in [-0.15, -0.1) is 0 Å². The number of aryl methyl sites for hydroxylation is 1. The first-order valence-electron chi connectivity index (χ1n) is 12.3. The van der Waals surface area contributed by atoms with E-state index in [1.54, 1.807) is 19.1 Å². The third-order valence-corrected chi connectivity index (χ3v) is 8.10. The van der Waals surface area contributed by atoms with Gasteiger partial charge in [-0.05, 0) is 54.7 Å². The fraction of sp³-hybridized carbons (Fsp3) is 0.310. The number of rotatable bonds is 5. The van der Waals surface area contributed by atoms with Crippen molar-refractivity contribution in [3.8, 4) is 5.75 Å². The molecule has 1 aromatic heterocycles. The molecular formula is C29H28N2O5S. The third-order valence-electron chi connectivity index (χ3n) is 6.84. The Morgan fingerprint density at radius 1 is 1.16 bits per heavy atom. The molecule has 8 heteroatoms. The van der Waals surface area contributed by atoms with Crippen molar-refractivity contribution < 1.29 is 24.2 Å². The first-order valence-corrected chi connectivity index (χ1v) is 13.1. The van der Waals surface area contributed by atoms with Crippen LogP contribution < -0.4 is 9.64 Å². The van der Waals surface area contributed by atoms with Gasteiger partial charge in [-0.1, -0.05) is 49.4 Å². The molecule has 0 bridgehead atoms. The number of benzene rings is 2. The predicted molar refractivity (Wildman–Crippen MR) is 142 cm³/mol. The van der Waals surface area contributed by atoms with Crippen LogP contribution in [0.5, 0.6) is 5.75 Å². The molecule has 1 N–H and O–H groups in total. The number of aromatic nitrogens is 1. The van der Waals surface area contributed by atoms with Crippen LogP contribution in [0.2, 0.25) is 0 Å². The number of hydrogen-bond acceptors (Lipinski definition) is 7. The van der Waals surface area contributed by atoms with Crippen molar-refractivity contribution in [2.45, 2.75) is 59.1 Å². The number of hydrogen-bond donors (Lipinski definition) is 1. The zero-order valence-electron chi connectivity index (χ0n) is 21.4. The summed E-state index contributed by atoms with van der Waals surface area (Å²) in [6.45, 7) is 9.28. The van der Waals surface area contributed by atoms with Gasteiger partial charge in [-0.2, -0.15) is 0 Å². The molecule has 3 aromatic rings. The summed E-state index contributed by atoms with van der Waals surface area (Å²) in [5.41, 5.74) is 3.64. The second-order valence-corrected chi connectivity index (χ2v) is 10.9. The van der Waals surface area contributed by atoms with Crippen molar-refractivity contribution in [3.05, 3.63) is 80.9 Å². The molecule has 7 nitrogen and oxygen atoms in total. The summed E-state index contributed by atoms with van der Waals surface area (Å²) < 4.78 is 5.77. The van der Waals surface area contributed by atoms with Gasteiger partial charge in [0.15, 0.2) is 10.9 Å². The van der Waals surface area contributed by atoms with E-state index < -0.39 is 17.7 Å².